The normalized spacial score (nSPS) is 7.71. The molecule has 0 aromatic rings. The molecule has 0 heterocycles. The molecule has 14 heavy (non-hydrogen) atoms. The molecule has 2 N–H and O–H groups in total. The molecule has 0 aliphatic rings. The summed E-state index contributed by atoms with van der Waals surface area (Å²) < 4.78 is 4.54. The molecule has 0 aliphatic heterocycles. The van der Waals surface area contributed by atoms with E-state index < -0.39 is 21.7 Å². The molecular weight excluding hydrogens is 208 g/mol. The summed E-state index contributed by atoms with van der Waals surface area (Å²) >= 11 is 0. The minimum Gasteiger partial charge on any atom is -0.525 e. The van der Waals surface area contributed by atoms with Crippen LogP contribution in [-0.4, -0.2) is 37.9 Å². The summed E-state index contributed by atoms with van der Waals surface area (Å²) in [5.74, 6) is -1.82. The van der Waals surface area contributed by atoms with Gasteiger partial charge in [0.2, 0.25) is 9.76 Å². The van der Waals surface area contributed by atoms with Gasteiger partial charge >= 0.3 is 0 Å². The summed E-state index contributed by atoms with van der Waals surface area (Å²) in [4.78, 5) is 27.9. The fraction of sp³-hybridized carbons (Fsp3) is 0.571. The molecule has 0 saturated heterocycles. The van der Waals surface area contributed by atoms with Crippen LogP contribution in [0.2, 0.25) is 6.55 Å². The Hall–Kier alpha value is -1.37. The lowest BCUT2D eigenvalue weighted by Crippen LogP contribution is -1.98. The highest BCUT2D eigenvalue weighted by Gasteiger charge is 1.82. The Balaban J connectivity index is -0.000000135. The molecule has 0 atom stereocenters. The largest absolute Gasteiger partial charge is 0.525 e. The van der Waals surface area contributed by atoms with Gasteiger partial charge in [0.25, 0.3) is 17.9 Å². The standard InChI is InChI=1S/C3H8O2Si.2C2H4O2/c1-3(4)5-6-2;2*1-2(3)4/h6H2,1-2H3;2*1H3,(H,3,4). The van der Waals surface area contributed by atoms with Gasteiger partial charge in [-0.25, -0.2) is 0 Å². The average Bonchev–Trinajstić information content (AvgIpc) is 1.82. The molecule has 0 bridgehead atoms. The van der Waals surface area contributed by atoms with Crippen LogP contribution >= 0.6 is 0 Å². The van der Waals surface area contributed by atoms with Gasteiger partial charge in [0.05, 0.1) is 0 Å². The van der Waals surface area contributed by atoms with Crippen LogP contribution in [-0.2, 0) is 18.8 Å². The van der Waals surface area contributed by atoms with Crippen molar-refractivity contribution in [3.05, 3.63) is 0 Å². The fourth-order valence-electron chi connectivity index (χ4n) is 0.203. The predicted molar refractivity (Wildman–Crippen MR) is 52.8 cm³/mol. The van der Waals surface area contributed by atoms with Crippen LogP contribution in [0.1, 0.15) is 20.8 Å². The van der Waals surface area contributed by atoms with Gasteiger partial charge in [-0.15, -0.1) is 0 Å². The van der Waals surface area contributed by atoms with E-state index in [1.165, 1.54) is 6.92 Å². The van der Waals surface area contributed by atoms with Crippen molar-refractivity contribution in [3.63, 3.8) is 0 Å². The maximum atomic E-state index is 9.86. The molecule has 0 unspecified atom stereocenters. The highest BCUT2D eigenvalue weighted by molar-refractivity contribution is 6.28. The van der Waals surface area contributed by atoms with Crippen molar-refractivity contribution in [1.29, 1.82) is 0 Å². The topological polar surface area (TPSA) is 101 Å². The first-order valence-corrected chi connectivity index (χ1v) is 5.75. The number of carbonyl (C=O) groups is 3. The number of carboxylic acids is 2. The van der Waals surface area contributed by atoms with Crippen molar-refractivity contribution in [3.8, 4) is 0 Å². The lowest BCUT2D eigenvalue weighted by molar-refractivity contribution is -0.135. The Bertz CT molecular complexity index is 159. The van der Waals surface area contributed by atoms with E-state index in [4.69, 9.17) is 19.8 Å². The molecule has 0 saturated carbocycles. The molecule has 7 heteroatoms. The summed E-state index contributed by atoms with van der Waals surface area (Å²) in [6, 6.07) is 0. The van der Waals surface area contributed by atoms with Crippen LogP contribution < -0.4 is 0 Å². The lowest BCUT2D eigenvalue weighted by atomic mass is 10.9. The molecule has 0 amide bonds. The van der Waals surface area contributed by atoms with Crippen molar-refractivity contribution in [1.82, 2.24) is 0 Å². The Labute approximate surface area is 84.8 Å². The van der Waals surface area contributed by atoms with E-state index in [0.29, 0.717) is 0 Å². The van der Waals surface area contributed by atoms with E-state index >= 15 is 0 Å². The van der Waals surface area contributed by atoms with Crippen molar-refractivity contribution >= 4 is 27.7 Å². The van der Waals surface area contributed by atoms with Gasteiger partial charge in [0.15, 0.2) is 0 Å². The highest BCUT2D eigenvalue weighted by atomic mass is 28.2. The van der Waals surface area contributed by atoms with Gasteiger partial charge in [-0.05, 0) is 6.55 Å². The van der Waals surface area contributed by atoms with E-state index in [-0.39, 0.29) is 5.97 Å². The first kappa shape index (κ1) is 18.4. The van der Waals surface area contributed by atoms with Crippen molar-refractivity contribution in [2.45, 2.75) is 27.3 Å². The SMILES string of the molecule is CC(=O)O.CC(=O)O.C[SiH2]OC(C)=O. The van der Waals surface area contributed by atoms with Crippen LogP contribution in [0.4, 0.5) is 0 Å². The molecular formula is C7H16O6Si. The van der Waals surface area contributed by atoms with E-state index in [2.05, 4.69) is 4.43 Å². The smallest absolute Gasteiger partial charge is 0.300 e. The summed E-state index contributed by atoms with van der Waals surface area (Å²) in [5.41, 5.74) is 0. The first-order chi connectivity index (χ1) is 6.23. The number of carboxylic acid groups (broad SMARTS) is 2. The fourth-order valence-corrected chi connectivity index (χ4v) is 0.610. The monoisotopic (exact) mass is 224 g/mol. The summed E-state index contributed by atoms with van der Waals surface area (Å²) in [5, 5.41) is 14.8. The minimum atomic E-state index is -0.833. The summed E-state index contributed by atoms with van der Waals surface area (Å²) in [7, 11) is -0.483. The number of aliphatic carboxylic acids is 2. The quantitative estimate of drug-likeness (QED) is 0.601. The van der Waals surface area contributed by atoms with E-state index in [9.17, 15) is 4.79 Å². The second kappa shape index (κ2) is 14.2. The van der Waals surface area contributed by atoms with Crippen LogP contribution in [0.3, 0.4) is 0 Å². The van der Waals surface area contributed by atoms with Crippen molar-refractivity contribution < 1.29 is 29.0 Å². The van der Waals surface area contributed by atoms with Gasteiger partial charge in [0, 0.05) is 20.8 Å². The van der Waals surface area contributed by atoms with E-state index in [1.54, 1.807) is 0 Å². The van der Waals surface area contributed by atoms with Crippen LogP contribution in [0.25, 0.3) is 0 Å². The molecule has 0 fully saturated rings. The number of hydrogen-bond acceptors (Lipinski definition) is 4. The van der Waals surface area contributed by atoms with Crippen LogP contribution in [0, 0.1) is 0 Å². The van der Waals surface area contributed by atoms with Crippen molar-refractivity contribution in [2.24, 2.45) is 0 Å². The van der Waals surface area contributed by atoms with E-state index in [0.717, 1.165) is 13.8 Å². The molecule has 0 rings (SSSR count). The van der Waals surface area contributed by atoms with Crippen LogP contribution in [0.15, 0.2) is 0 Å². The van der Waals surface area contributed by atoms with Gasteiger partial charge < -0.3 is 14.6 Å². The maximum absolute atomic E-state index is 9.86. The molecule has 84 valence electrons. The Kier molecular flexibility index (Phi) is 18.6. The predicted octanol–water partition coefficient (Wildman–Crippen LogP) is -0.137. The minimum absolute atomic E-state index is 0.149. The zero-order valence-corrected chi connectivity index (χ0v) is 10.1. The zero-order chi connectivity index (χ0) is 12.1. The lowest BCUT2D eigenvalue weighted by Gasteiger charge is -1.89. The third-order valence-corrected chi connectivity index (χ3v) is 1.04. The summed E-state index contributed by atoms with van der Waals surface area (Å²) in [6.45, 7) is 5.51. The Morgan fingerprint density at radius 1 is 1.00 bits per heavy atom. The summed E-state index contributed by atoms with van der Waals surface area (Å²) in [6.07, 6.45) is 0. The Morgan fingerprint density at radius 2 is 1.21 bits per heavy atom. The molecule has 0 aromatic heterocycles. The molecule has 0 radical (unpaired) electrons. The molecule has 0 spiro atoms. The number of hydrogen-bond donors (Lipinski definition) is 2. The second-order valence-electron chi connectivity index (χ2n) is 1.96. The van der Waals surface area contributed by atoms with Gasteiger partial charge in [-0.1, -0.05) is 0 Å². The zero-order valence-electron chi connectivity index (χ0n) is 8.73. The van der Waals surface area contributed by atoms with Gasteiger partial charge in [-0.2, -0.15) is 0 Å². The maximum Gasteiger partial charge on any atom is 0.300 e. The number of rotatable bonds is 1. The first-order valence-electron chi connectivity index (χ1n) is 3.76. The molecule has 0 aromatic carbocycles. The second-order valence-corrected chi connectivity index (χ2v) is 2.83. The molecule has 0 aliphatic carbocycles. The third-order valence-electron chi connectivity index (χ3n) is 0.348. The van der Waals surface area contributed by atoms with Crippen molar-refractivity contribution in [2.75, 3.05) is 0 Å². The third kappa shape index (κ3) is 372. The van der Waals surface area contributed by atoms with Crippen LogP contribution in [0.5, 0.6) is 0 Å². The number of carbonyl (C=O) groups excluding carboxylic acids is 1. The van der Waals surface area contributed by atoms with E-state index in [1.807, 2.05) is 6.55 Å². The molecule has 6 nitrogen and oxygen atoms in total. The average molecular weight is 224 g/mol. The Morgan fingerprint density at radius 3 is 1.21 bits per heavy atom. The van der Waals surface area contributed by atoms with Gasteiger partial charge in [-0.3, -0.25) is 14.4 Å². The van der Waals surface area contributed by atoms with Gasteiger partial charge in [0.1, 0.15) is 0 Å². The highest BCUT2D eigenvalue weighted by Crippen LogP contribution is 1.67.